The zero-order chi connectivity index (χ0) is 20.6. The van der Waals surface area contributed by atoms with E-state index in [2.05, 4.69) is 11.1 Å². The van der Waals surface area contributed by atoms with Crippen LogP contribution in [-0.4, -0.2) is 42.3 Å². The van der Waals surface area contributed by atoms with Gasteiger partial charge in [0, 0.05) is 17.4 Å². The highest BCUT2D eigenvalue weighted by Crippen LogP contribution is 2.41. The summed E-state index contributed by atoms with van der Waals surface area (Å²) in [6.07, 6.45) is 0.980. The Kier molecular flexibility index (Phi) is 5.53. The van der Waals surface area contributed by atoms with E-state index in [0.29, 0.717) is 18.0 Å². The Bertz CT molecular complexity index is 1040. The smallest absolute Gasteiger partial charge is 0.248 e. The summed E-state index contributed by atoms with van der Waals surface area (Å²) in [7, 11) is -3.07. The molecule has 2 saturated heterocycles. The van der Waals surface area contributed by atoms with E-state index >= 15 is 0 Å². The van der Waals surface area contributed by atoms with Crippen molar-refractivity contribution in [2.24, 2.45) is 4.99 Å². The van der Waals surface area contributed by atoms with Crippen molar-refractivity contribution < 1.29 is 13.2 Å². The summed E-state index contributed by atoms with van der Waals surface area (Å²) in [6, 6.07) is 15.8. The largest absolute Gasteiger partial charge is 0.316 e. The molecular weight excluding hydrogens is 404 g/mol. The lowest BCUT2D eigenvalue weighted by Crippen LogP contribution is -2.37. The lowest BCUT2D eigenvalue weighted by molar-refractivity contribution is -0.117. The molecule has 2 aliphatic heterocycles. The first-order chi connectivity index (χ1) is 13.8. The van der Waals surface area contributed by atoms with Gasteiger partial charge in [-0.05, 0) is 49.1 Å². The third-order valence-corrected chi connectivity index (χ3v) is 8.45. The maximum absolute atomic E-state index is 12.6. The number of thioether (sulfide) groups is 1. The van der Waals surface area contributed by atoms with Crippen LogP contribution in [0.5, 0.6) is 0 Å². The number of aliphatic imine (C=N–C) groups is 1. The number of anilines is 1. The van der Waals surface area contributed by atoms with E-state index < -0.39 is 9.84 Å². The molecule has 2 aliphatic rings. The molecule has 5 nitrogen and oxygen atoms in total. The Hall–Kier alpha value is -2.12. The molecule has 152 valence electrons. The number of amidine groups is 1. The highest BCUT2D eigenvalue weighted by Gasteiger charge is 2.49. The molecule has 2 aromatic carbocycles. The van der Waals surface area contributed by atoms with Gasteiger partial charge in [-0.3, -0.25) is 4.79 Å². The third-order valence-electron chi connectivity index (χ3n) is 5.24. The van der Waals surface area contributed by atoms with E-state index in [4.69, 9.17) is 0 Å². The number of fused-ring (bicyclic) bond motifs is 1. The molecule has 29 heavy (non-hydrogen) atoms. The first-order valence-electron chi connectivity index (χ1n) is 9.71. The summed E-state index contributed by atoms with van der Waals surface area (Å²) in [5, 5.41) is 0.541. The SMILES string of the molecule is Cc1cc(C)cc(N2C(=NC(=O)CCc3ccccc3)S[C@@H]3CS(=O)(=O)C[C@@H]32)c1. The fourth-order valence-corrected chi connectivity index (χ4v) is 7.95. The van der Waals surface area contributed by atoms with Gasteiger partial charge in [0.2, 0.25) is 5.91 Å². The molecule has 7 heteroatoms. The van der Waals surface area contributed by atoms with Gasteiger partial charge >= 0.3 is 0 Å². The van der Waals surface area contributed by atoms with Gasteiger partial charge in [-0.15, -0.1) is 0 Å². The average molecular weight is 429 g/mol. The van der Waals surface area contributed by atoms with Crippen LogP contribution in [0.1, 0.15) is 23.1 Å². The van der Waals surface area contributed by atoms with E-state index in [9.17, 15) is 13.2 Å². The molecule has 1 amide bonds. The molecule has 0 bridgehead atoms. The Morgan fingerprint density at radius 2 is 1.79 bits per heavy atom. The van der Waals surface area contributed by atoms with Gasteiger partial charge in [-0.2, -0.15) is 4.99 Å². The van der Waals surface area contributed by atoms with Crippen LogP contribution >= 0.6 is 11.8 Å². The summed E-state index contributed by atoms with van der Waals surface area (Å²) >= 11 is 1.42. The Labute approximate surface area is 176 Å². The number of benzene rings is 2. The van der Waals surface area contributed by atoms with E-state index in [-0.39, 0.29) is 28.7 Å². The van der Waals surface area contributed by atoms with Crippen LogP contribution < -0.4 is 4.90 Å². The number of sulfone groups is 1. The van der Waals surface area contributed by atoms with Crippen LogP contribution in [0.4, 0.5) is 5.69 Å². The Morgan fingerprint density at radius 3 is 2.48 bits per heavy atom. The fourth-order valence-electron chi connectivity index (χ4n) is 4.01. The van der Waals surface area contributed by atoms with Gasteiger partial charge in [-0.1, -0.05) is 48.2 Å². The minimum absolute atomic E-state index is 0.0820. The molecule has 2 fully saturated rings. The molecule has 2 atom stereocenters. The summed E-state index contributed by atoms with van der Waals surface area (Å²) in [5.74, 6) is 0.0731. The second kappa shape index (κ2) is 7.95. The summed E-state index contributed by atoms with van der Waals surface area (Å²) in [6.45, 7) is 4.04. The van der Waals surface area contributed by atoms with E-state index in [1.54, 1.807) is 0 Å². The normalized spacial score (nSPS) is 24.1. The molecule has 0 unspecified atom stereocenters. The Balaban J connectivity index is 1.60. The number of nitrogens with zero attached hydrogens (tertiary/aromatic N) is 2. The molecule has 0 aromatic heterocycles. The molecule has 0 radical (unpaired) electrons. The Morgan fingerprint density at radius 1 is 1.10 bits per heavy atom. The molecule has 0 spiro atoms. The zero-order valence-corrected chi connectivity index (χ0v) is 18.2. The first kappa shape index (κ1) is 20.2. The molecule has 4 rings (SSSR count). The number of carbonyl (C=O) groups is 1. The van der Waals surface area contributed by atoms with Gasteiger partial charge < -0.3 is 4.90 Å². The van der Waals surface area contributed by atoms with Gasteiger partial charge in [0.25, 0.3) is 0 Å². The van der Waals surface area contributed by atoms with Crippen molar-refractivity contribution in [2.75, 3.05) is 16.4 Å². The predicted octanol–water partition coefficient (Wildman–Crippen LogP) is 3.54. The van der Waals surface area contributed by atoms with Gasteiger partial charge in [-0.25, -0.2) is 8.42 Å². The first-order valence-corrected chi connectivity index (χ1v) is 12.4. The van der Waals surface area contributed by atoms with Gasteiger partial charge in [0.1, 0.15) is 0 Å². The molecule has 2 aromatic rings. The number of hydrogen-bond donors (Lipinski definition) is 0. The van der Waals surface area contributed by atoms with E-state index in [1.165, 1.54) is 11.8 Å². The molecule has 0 saturated carbocycles. The topological polar surface area (TPSA) is 66.8 Å². The predicted molar refractivity (Wildman–Crippen MR) is 119 cm³/mol. The second-order valence-electron chi connectivity index (χ2n) is 7.79. The molecular formula is C22H24N2O3S2. The fraction of sp³-hybridized carbons (Fsp3) is 0.364. The van der Waals surface area contributed by atoms with E-state index in [1.807, 2.05) is 61.2 Å². The quantitative estimate of drug-likeness (QED) is 0.745. The number of aryl methyl sites for hydroxylation is 3. The highest BCUT2D eigenvalue weighted by molar-refractivity contribution is 8.16. The van der Waals surface area contributed by atoms with Crippen LogP contribution in [0, 0.1) is 13.8 Å². The highest BCUT2D eigenvalue weighted by atomic mass is 32.2. The molecule has 0 N–H and O–H groups in total. The average Bonchev–Trinajstić information content (AvgIpc) is 3.10. The van der Waals surface area contributed by atoms with Crippen LogP contribution in [0.2, 0.25) is 0 Å². The van der Waals surface area contributed by atoms with Crippen molar-refractivity contribution in [1.29, 1.82) is 0 Å². The minimum atomic E-state index is -3.07. The van der Waals surface area contributed by atoms with Crippen LogP contribution in [0.25, 0.3) is 0 Å². The van der Waals surface area contributed by atoms with Crippen molar-refractivity contribution in [3.63, 3.8) is 0 Å². The van der Waals surface area contributed by atoms with Crippen LogP contribution in [-0.2, 0) is 21.1 Å². The molecule has 0 aliphatic carbocycles. The summed E-state index contributed by atoms with van der Waals surface area (Å²) in [5.41, 5.74) is 4.22. The van der Waals surface area contributed by atoms with Crippen molar-refractivity contribution in [2.45, 2.75) is 38.0 Å². The van der Waals surface area contributed by atoms with Crippen LogP contribution in [0.3, 0.4) is 0 Å². The van der Waals surface area contributed by atoms with Crippen molar-refractivity contribution in [3.05, 3.63) is 65.2 Å². The standard InChI is InChI=1S/C22H24N2O3S2/c1-15-10-16(2)12-18(11-15)24-19-13-29(26,27)14-20(19)28-22(24)23-21(25)9-8-17-6-4-3-5-7-17/h3-7,10-12,19-20H,8-9,13-14H2,1-2H3/t19-,20+/m0/s1. The number of rotatable bonds is 4. The number of hydrogen-bond acceptors (Lipinski definition) is 4. The number of carbonyl (C=O) groups excluding carboxylic acids is 1. The van der Waals surface area contributed by atoms with Gasteiger partial charge in [0.15, 0.2) is 15.0 Å². The second-order valence-corrected chi connectivity index (χ2v) is 11.2. The maximum Gasteiger partial charge on any atom is 0.248 e. The lowest BCUT2D eigenvalue weighted by atomic mass is 10.1. The van der Waals surface area contributed by atoms with Crippen molar-refractivity contribution in [1.82, 2.24) is 0 Å². The lowest BCUT2D eigenvalue weighted by Gasteiger charge is -2.25. The third kappa shape index (κ3) is 4.56. The summed E-state index contributed by atoms with van der Waals surface area (Å²) in [4.78, 5) is 19.0. The van der Waals surface area contributed by atoms with Crippen LogP contribution in [0.15, 0.2) is 53.5 Å². The maximum atomic E-state index is 12.6. The van der Waals surface area contributed by atoms with Crippen molar-refractivity contribution >= 4 is 38.4 Å². The monoisotopic (exact) mass is 428 g/mol. The summed E-state index contributed by atoms with van der Waals surface area (Å²) < 4.78 is 24.4. The van der Waals surface area contributed by atoms with Crippen molar-refractivity contribution in [3.8, 4) is 0 Å². The zero-order valence-electron chi connectivity index (χ0n) is 16.5. The number of amides is 1. The molecule has 2 heterocycles. The van der Waals surface area contributed by atoms with E-state index in [0.717, 1.165) is 22.4 Å². The van der Waals surface area contributed by atoms with Gasteiger partial charge in [0.05, 0.1) is 17.5 Å². The minimum Gasteiger partial charge on any atom is -0.316 e.